The number of rotatable bonds is 8. The Kier molecular flexibility index (Phi) is 7.87. The molecule has 3 aromatic rings. The van der Waals surface area contributed by atoms with E-state index in [1.807, 2.05) is 26.0 Å². The molecule has 1 aromatic heterocycles. The summed E-state index contributed by atoms with van der Waals surface area (Å²) in [5, 5.41) is 9.49. The zero-order valence-electron chi connectivity index (χ0n) is 20.9. The lowest BCUT2D eigenvalue weighted by Gasteiger charge is -2.19. The van der Waals surface area contributed by atoms with Crippen LogP contribution in [0.5, 0.6) is 0 Å². The van der Waals surface area contributed by atoms with Gasteiger partial charge in [-0.1, -0.05) is 75.6 Å². The minimum absolute atomic E-state index is 0.134. The first-order chi connectivity index (χ1) is 17.3. The molecule has 0 amide bonds. The maximum absolute atomic E-state index is 15.6. The van der Waals surface area contributed by atoms with Gasteiger partial charge in [0, 0.05) is 5.92 Å². The summed E-state index contributed by atoms with van der Waals surface area (Å²) in [6.45, 7) is 4.21. The molecule has 1 aliphatic rings. The van der Waals surface area contributed by atoms with E-state index in [0.717, 1.165) is 35.0 Å². The van der Waals surface area contributed by atoms with Crippen LogP contribution in [0.25, 0.3) is 11.1 Å². The number of imidazole rings is 1. The molecule has 0 atom stereocenters. The fourth-order valence-electron chi connectivity index (χ4n) is 5.00. The van der Waals surface area contributed by atoms with Crippen molar-refractivity contribution in [2.24, 2.45) is 11.8 Å². The van der Waals surface area contributed by atoms with E-state index in [1.165, 1.54) is 4.57 Å². The van der Waals surface area contributed by atoms with E-state index in [0.29, 0.717) is 37.2 Å². The number of aromatic nitrogens is 2. The van der Waals surface area contributed by atoms with Crippen molar-refractivity contribution in [1.82, 2.24) is 9.13 Å². The highest BCUT2D eigenvalue weighted by Crippen LogP contribution is 2.27. The van der Waals surface area contributed by atoms with Crippen LogP contribution >= 0.6 is 0 Å². The van der Waals surface area contributed by atoms with Crippen LogP contribution in [-0.4, -0.2) is 26.1 Å². The monoisotopic (exact) mass is 492 g/mol. The van der Waals surface area contributed by atoms with Crippen molar-refractivity contribution >= 4 is 11.9 Å². The molecule has 2 aromatic carbocycles. The summed E-state index contributed by atoms with van der Waals surface area (Å²) in [4.78, 5) is 38.1. The topological polar surface area (TPSA) is 81.3 Å². The first kappa shape index (κ1) is 25.6. The van der Waals surface area contributed by atoms with E-state index < -0.39 is 23.5 Å². The average molecular weight is 493 g/mol. The van der Waals surface area contributed by atoms with E-state index in [9.17, 15) is 19.5 Å². The van der Waals surface area contributed by atoms with Gasteiger partial charge in [-0.15, -0.1) is 0 Å². The molecule has 0 unspecified atom stereocenters. The minimum atomic E-state index is -1.00. The Morgan fingerprint density at radius 1 is 1.03 bits per heavy atom. The Labute approximate surface area is 210 Å². The molecule has 4 rings (SSSR count). The first-order valence-electron chi connectivity index (χ1n) is 12.7. The molecular weight excluding hydrogens is 459 g/mol. The quantitative estimate of drug-likeness (QED) is 0.417. The van der Waals surface area contributed by atoms with Crippen molar-refractivity contribution in [3.8, 4) is 11.1 Å². The van der Waals surface area contributed by atoms with E-state index in [4.69, 9.17) is 0 Å². The number of hydrogen-bond donors (Lipinski definition) is 1. The Balaban J connectivity index is 1.67. The van der Waals surface area contributed by atoms with Crippen molar-refractivity contribution in [3.05, 3.63) is 81.8 Å². The van der Waals surface area contributed by atoms with Crippen LogP contribution in [0.4, 0.5) is 4.39 Å². The largest absolute Gasteiger partial charge is 0.478 e. The van der Waals surface area contributed by atoms with E-state index in [-0.39, 0.29) is 23.7 Å². The summed E-state index contributed by atoms with van der Waals surface area (Å²) >= 11 is 0. The molecule has 0 aliphatic heterocycles. The molecule has 6 nitrogen and oxygen atoms in total. The van der Waals surface area contributed by atoms with Gasteiger partial charge in [-0.3, -0.25) is 9.36 Å². The molecule has 36 heavy (non-hydrogen) atoms. The van der Waals surface area contributed by atoms with Crippen LogP contribution in [0.3, 0.4) is 0 Å². The molecule has 1 fully saturated rings. The van der Waals surface area contributed by atoms with Crippen LogP contribution in [0.2, 0.25) is 0 Å². The maximum atomic E-state index is 15.6. The Bertz CT molecular complexity index is 1300. The molecule has 190 valence electrons. The highest BCUT2D eigenvalue weighted by atomic mass is 19.1. The van der Waals surface area contributed by atoms with Crippen molar-refractivity contribution in [2.45, 2.75) is 65.3 Å². The third-order valence-electron chi connectivity index (χ3n) is 7.08. The van der Waals surface area contributed by atoms with Crippen molar-refractivity contribution in [2.75, 3.05) is 0 Å². The number of carbonyl (C=O) groups is 2. The molecule has 0 saturated heterocycles. The van der Waals surface area contributed by atoms with Crippen molar-refractivity contribution in [3.63, 3.8) is 0 Å². The maximum Gasteiger partial charge on any atom is 0.337 e. The van der Waals surface area contributed by atoms with Gasteiger partial charge in [0.15, 0.2) is 0 Å². The summed E-state index contributed by atoms with van der Waals surface area (Å²) < 4.78 is 17.7. The molecule has 1 heterocycles. The van der Waals surface area contributed by atoms with Crippen LogP contribution < -0.4 is 5.69 Å². The predicted molar refractivity (Wildman–Crippen MR) is 137 cm³/mol. The summed E-state index contributed by atoms with van der Waals surface area (Å²) in [7, 11) is 0. The van der Waals surface area contributed by atoms with Crippen molar-refractivity contribution < 1.29 is 19.1 Å². The van der Waals surface area contributed by atoms with Crippen LogP contribution in [-0.2, 0) is 13.0 Å². The lowest BCUT2D eigenvalue weighted by Crippen LogP contribution is -2.35. The van der Waals surface area contributed by atoms with E-state index in [1.54, 1.807) is 36.4 Å². The van der Waals surface area contributed by atoms with Gasteiger partial charge in [0.05, 0.1) is 17.8 Å². The van der Waals surface area contributed by atoms with Gasteiger partial charge in [-0.2, -0.15) is 4.39 Å². The minimum Gasteiger partial charge on any atom is -0.478 e. The first-order valence-corrected chi connectivity index (χ1v) is 12.7. The van der Waals surface area contributed by atoms with Gasteiger partial charge in [0.25, 0.3) is 0 Å². The van der Waals surface area contributed by atoms with Gasteiger partial charge < -0.3 is 5.11 Å². The fourth-order valence-corrected chi connectivity index (χ4v) is 5.00. The average Bonchev–Trinajstić information content (AvgIpc) is 3.11. The SMILES string of the molecule is CC(C)CCc1c(F)n(C(=O)C2CCCCC2)c(=O)n1Cc1ccc(-c2ccccc2C(=O)O)cc1. The second-order valence-electron chi connectivity index (χ2n) is 10.1. The van der Waals surface area contributed by atoms with Gasteiger partial charge >= 0.3 is 11.7 Å². The van der Waals surface area contributed by atoms with Crippen LogP contribution in [0, 0.1) is 17.8 Å². The Morgan fingerprint density at radius 2 is 1.69 bits per heavy atom. The molecular formula is C29H33FN2O4. The second-order valence-corrected chi connectivity index (χ2v) is 10.1. The third kappa shape index (κ3) is 5.35. The molecule has 0 bridgehead atoms. The van der Waals surface area contributed by atoms with Crippen LogP contribution in [0.15, 0.2) is 53.3 Å². The predicted octanol–water partition coefficient (Wildman–Crippen LogP) is 6.01. The molecule has 1 aliphatic carbocycles. The number of hydrogen-bond acceptors (Lipinski definition) is 3. The standard InChI is InChI=1S/C29H33FN2O4/c1-19(2)12-17-25-26(30)32(27(33)22-8-4-3-5-9-22)29(36)31(25)18-20-13-15-21(16-14-20)23-10-6-7-11-24(23)28(34)35/h6-7,10-11,13-16,19,22H,3-5,8-9,12,17-18H2,1-2H3,(H,34,35). The number of nitrogens with zero attached hydrogens (tertiary/aromatic N) is 2. The highest BCUT2D eigenvalue weighted by molar-refractivity contribution is 5.96. The van der Waals surface area contributed by atoms with E-state index in [2.05, 4.69) is 0 Å². The zero-order valence-corrected chi connectivity index (χ0v) is 20.9. The molecule has 0 spiro atoms. The molecule has 0 radical (unpaired) electrons. The zero-order chi connectivity index (χ0) is 25.8. The smallest absolute Gasteiger partial charge is 0.337 e. The van der Waals surface area contributed by atoms with Crippen molar-refractivity contribution in [1.29, 1.82) is 0 Å². The lowest BCUT2D eigenvalue weighted by atomic mass is 9.88. The van der Waals surface area contributed by atoms with Gasteiger partial charge in [-0.25, -0.2) is 14.2 Å². The summed E-state index contributed by atoms with van der Waals surface area (Å²) in [5.74, 6) is -2.16. The van der Waals surface area contributed by atoms with Gasteiger partial charge in [-0.05, 0) is 54.4 Å². The van der Waals surface area contributed by atoms with Gasteiger partial charge in [0.1, 0.15) is 0 Å². The number of carboxylic acid groups (broad SMARTS) is 1. The summed E-state index contributed by atoms with van der Waals surface area (Å²) in [5.41, 5.74) is 1.95. The second kappa shape index (κ2) is 11.1. The third-order valence-corrected chi connectivity index (χ3v) is 7.08. The number of benzene rings is 2. The van der Waals surface area contributed by atoms with Crippen LogP contribution in [0.1, 0.15) is 78.8 Å². The fraction of sp³-hybridized carbons (Fsp3) is 0.414. The molecule has 7 heteroatoms. The normalized spacial score (nSPS) is 14.3. The van der Waals surface area contributed by atoms with E-state index >= 15 is 4.39 Å². The summed E-state index contributed by atoms with van der Waals surface area (Å²) in [6.07, 6.45) is 5.36. The number of aromatic carboxylic acids is 1. The molecule has 1 saturated carbocycles. The summed E-state index contributed by atoms with van der Waals surface area (Å²) in [6, 6.07) is 14.0. The number of carbonyl (C=O) groups excluding carboxylic acids is 1. The number of halogens is 1. The number of carboxylic acids is 1. The Morgan fingerprint density at radius 3 is 2.33 bits per heavy atom. The molecule has 1 N–H and O–H groups in total. The van der Waals surface area contributed by atoms with Gasteiger partial charge in [0.2, 0.25) is 11.9 Å². The lowest BCUT2D eigenvalue weighted by molar-refractivity contribution is 0.0696. The Hall–Kier alpha value is -3.48. The highest BCUT2D eigenvalue weighted by Gasteiger charge is 2.30.